The Morgan fingerprint density at radius 2 is 1.82 bits per heavy atom. The largest absolute Gasteiger partial charge is 0.495 e. The fraction of sp³-hybridized carbons (Fsp3) is 0.188. The molecule has 2 aromatic rings. The number of amides is 1. The topological polar surface area (TPSA) is 47.6 Å². The van der Waals surface area contributed by atoms with E-state index in [2.05, 4.69) is 5.32 Å². The second-order valence-electron chi connectivity index (χ2n) is 4.34. The molecule has 4 nitrogen and oxygen atoms in total. The summed E-state index contributed by atoms with van der Waals surface area (Å²) in [6.07, 6.45) is 0. The Labute approximate surface area is 138 Å². The molecule has 1 amide bonds. The number of ether oxygens (including phenoxy) is 2. The van der Waals surface area contributed by atoms with Gasteiger partial charge in [-0.1, -0.05) is 29.8 Å². The van der Waals surface area contributed by atoms with Crippen LogP contribution in [0.3, 0.4) is 0 Å². The van der Waals surface area contributed by atoms with Crippen molar-refractivity contribution < 1.29 is 14.3 Å². The minimum Gasteiger partial charge on any atom is -0.495 e. The molecular weight excluding hydrogens is 322 g/mol. The first-order valence-corrected chi connectivity index (χ1v) is 7.89. The van der Waals surface area contributed by atoms with E-state index in [9.17, 15) is 4.79 Å². The highest BCUT2D eigenvalue weighted by Crippen LogP contribution is 2.36. The maximum atomic E-state index is 12.1. The number of benzene rings is 2. The third-order valence-corrected chi connectivity index (χ3v) is 4.17. The summed E-state index contributed by atoms with van der Waals surface area (Å²) in [5, 5.41) is 3.24. The maximum absolute atomic E-state index is 12.1. The van der Waals surface area contributed by atoms with Crippen LogP contribution in [0, 0.1) is 0 Å². The highest BCUT2D eigenvalue weighted by Gasteiger charge is 2.12. The molecule has 0 atom stereocenters. The van der Waals surface area contributed by atoms with Gasteiger partial charge in [-0.3, -0.25) is 4.79 Å². The van der Waals surface area contributed by atoms with Gasteiger partial charge in [-0.2, -0.15) is 0 Å². The Kier molecular flexibility index (Phi) is 5.98. The van der Waals surface area contributed by atoms with Gasteiger partial charge in [0.05, 0.1) is 30.7 Å². The zero-order valence-electron chi connectivity index (χ0n) is 12.3. The zero-order valence-corrected chi connectivity index (χ0v) is 13.8. The lowest BCUT2D eigenvalue weighted by atomic mass is 10.2. The van der Waals surface area contributed by atoms with Gasteiger partial charge in [-0.15, -0.1) is 11.8 Å². The van der Waals surface area contributed by atoms with E-state index in [0.717, 1.165) is 4.90 Å². The lowest BCUT2D eigenvalue weighted by molar-refractivity contribution is -0.113. The Hall–Kier alpha value is -1.85. The van der Waals surface area contributed by atoms with Gasteiger partial charge in [0.1, 0.15) is 11.5 Å². The molecule has 0 aliphatic rings. The predicted molar refractivity (Wildman–Crippen MR) is 90.4 cm³/mol. The summed E-state index contributed by atoms with van der Waals surface area (Å²) in [7, 11) is 3.04. The number of thioether (sulfide) groups is 1. The molecule has 0 saturated heterocycles. The summed E-state index contributed by atoms with van der Waals surface area (Å²) in [6.45, 7) is 0. The minimum atomic E-state index is -0.128. The number of rotatable bonds is 6. The minimum absolute atomic E-state index is 0.128. The van der Waals surface area contributed by atoms with Crippen molar-refractivity contribution in [3.8, 4) is 11.5 Å². The van der Waals surface area contributed by atoms with Crippen LogP contribution in [-0.4, -0.2) is 25.9 Å². The van der Waals surface area contributed by atoms with Crippen molar-refractivity contribution >= 4 is 35.0 Å². The average Bonchev–Trinajstić information content (AvgIpc) is 2.55. The molecule has 2 aromatic carbocycles. The summed E-state index contributed by atoms with van der Waals surface area (Å²) in [6, 6.07) is 13.0. The number of hydrogen-bond donors (Lipinski definition) is 1. The van der Waals surface area contributed by atoms with Crippen LogP contribution in [0.5, 0.6) is 11.5 Å². The SMILES string of the molecule is COc1cc(NC(=O)CSc2ccccc2)c(OC)cc1Cl. The Morgan fingerprint density at radius 1 is 1.14 bits per heavy atom. The molecule has 0 aliphatic carbocycles. The number of carbonyl (C=O) groups is 1. The number of hydrogen-bond acceptors (Lipinski definition) is 4. The number of nitrogens with one attached hydrogen (secondary N) is 1. The smallest absolute Gasteiger partial charge is 0.234 e. The molecule has 0 heterocycles. The molecule has 1 N–H and O–H groups in total. The van der Waals surface area contributed by atoms with Crippen LogP contribution in [0.15, 0.2) is 47.4 Å². The van der Waals surface area contributed by atoms with E-state index in [1.54, 1.807) is 12.1 Å². The van der Waals surface area contributed by atoms with Gasteiger partial charge in [0, 0.05) is 17.0 Å². The van der Waals surface area contributed by atoms with Gasteiger partial charge in [0.2, 0.25) is 5.91 Å². The highest BCUT2D eigenvalue weighted by molar-refractivity contribution is 8.00. The summed E-state index contributed by atoms with van der Waals surface area (Å²) >= 11 is 7.50. The second-order valence-corrected chi connectivity index (χ2v) is 5.79. The van der Waals surface area contributed by atoms with Gasteiger partial charge < -0.3 is 14.8 Å². The quantitative estimate of drug-likeness (QED) is 0.806. The molecule has 0 saturated carbocycles. The lowest BCUT2D eigenvalue weighted by Gasteiger charge is -2.13. The normalized spacial score (nSPS) is 10.1. The van der Waals surface area contributed by atoms with Crippen molar-refractivity contribution in [2.75, 3.05) is 25.3 Å². The average molecular weight is 338 g/mol. The molecular formula is C16H16ClNO3S. The Balaban J connectivity index is 2.04. The molecule has 0 aliphatic heterocycles. The van der Waals surface area contributed by atoms with Crippen molar-refractivity contribution in [3.05, 3.63) is 47.5 Å². The van der Waals surface area contributed by atoms with Crippen molar-refractivity contribution in [2.45, 2.75) is 4.90 Å². The summed E-state index contributed by atoms with van der Waals surface area (Å²) < 4.78 is 10.4. The third kappa shape index (κ3) is 4.32. The molecule has 22 heavy (non-hydrogen) atoms. The summed E-state index contributed by atoms with van der Waals surface area (Å²) in [5.74, 6) is 1.15. The molecule has 2 rings (SSSR count). The number of carbonyl (C=O) groups excluding carboxylic acids is 1. The molecule has 0 radical (unpaired) electrons. The van der Waals surface area contributed by atoms with E-state index in [4.69, 9.17) is 21.1 Å². The highest BCUT2D eigenvalue weighted by atomic mass is 35.5. The van der Waals surface area contributed by atoms with Gasteiger partial charge in [-0.05, 0) is 12.1 Å². The number of methoxy groups -OCH3 is 2. The van der Waals surface area contributed by atoms with Gasteiger partial charge in [0.25, 0.3) is 0 Å². The van der Waals surface area contributed by atoms with Gasteiger partial charge in [0.15, 0.2) is 0 Å². The first-order chi connectivity index (χ1) is 10.6. The standard InChI is InChI=1S/C16H16ClNO3S/c1-20-14-9-13(15(21-2)8-12(14)17)18-16(19)10-22-11-6-4-3-5-7-11/h3-9H,10H2,1-2H3,(H,18,19). The number of halogens is 1. The summed E-state index contributed by atoms with van der Waals surface area (Å²) in [4.78, 5) is 13.1. The van der Waals surface area contributed by atoms with Crippen LogP contribution in [0.2, 0.25) is 5.02 Å². The molecule has 0 unspecified atom stereocenters. The third-order valence-electron chi connectivity index (χ3n) is 2.86. The Morgan fingerprint density at radius 3 is 2.45 bits per heavy atom. The van der Waals surface area contributed by atoms with Crippen molar-refractivity contribution in [2.24, 2.45) is 0 Å². The summed E-state index contributed by atoms with van der Waals surface area (Å²) in [5.41, 5.74) is 0.530. The lowest BCUT2D eigenvalue weighted by Crippen LogP contribution is -2.14. The van der Waals surface area contributed by atoms with Crippen LogP contribution < -0.4 is 14.8 Å². The van der Waals surface area contributed by atoms with Crippen molar-refractivity contribution in [1.29, 1.82) is 0 Å². The van der Waals surface area contributed by atoms with Crippen molar-refractivity contribution in [1.82, 2.24) is 0 Å². The fourth-order valence-corrected chi connectivity index (χ4v) is 2.76. The van der Waals surface area contributed by atoms with E-state index in [-0.39, 0.29) is 5.91 Å². The first-order valence-electron chi connectivity index (χ1n) is 6.53. The van der Waals surface area contributed by atoms with E-state index < -0.39 is 0 Å². The molecule has 0 bridgehead atoms. The molecule has 0 spiro atoms. The van der Waals surface area contributed by atoms with Crippen LogP contribution in [0.25, 0.3) is 0 Å². The van der Waals surface area contributed by atoms with Crippen LogP contribution >= 0.6 is 23.4 Å². The van der Waals surface area contributed by atoms with Gasteiger partial charge >= 0.3 is 0 Å². The van der Waals surface area contributed by atoms with E-state index in [1.165, 1.54) is 26.0 Å². The van der Waals surface area contributed by atoms with E-state index >= 15 is 0 Å². The van der Waals surface area contributed by atoms with E-state index in [1.807, 2.05) is 30.3 Å². The Bertz CT molecular complexity index is 649. The first kappa shape index (κ1) is 16.5. The second kappa shape index (κ2) is 7.96. The van der Waals surface area contributed by atoms with Gasteiger partial charge in [-0.25, -0.2) is 0 Å². The number of anilines is 1. The molecule has 6 heteroatoms. The molecule has 116 valence electrons. The monoisotopic (exact) mass is 337 g/mol. The molecule has 0 aromatic heterocycles. The van der Waals surface area contributed by atoms with Crippen LogP contribution in [-0.2, 0) is 4.79 Å². The predicted octanol–water partition coefficient (Wildman–Crippen LogP) is 4.09. The van der Waals surface area contributed by atoms with E-state index in [0.29, 0.717) is 28.0 Å². The maximum Gasteiger partial charge on any atom is 0.234 e. The van der Waals surface area contributed by atoms with Crippen LogP contribution in [0.1, 0.15) is 0 Å². The fourth-order valence-electron chi connectivity index (χ4n) is 1.81. The molecule has 0 fully saturated rings. The zero-order chi connectivity index (χ0) is 15.9. The van der Waals surface area contributed by atoms with Crippen LogP contribution in [0.4, 0.5) is 5.69 Å². The van der Waals surface area contributed by atoms with Crippen molar-refractivity contribution in [3.63, 3.8) is 0 Å².